The first-order chi connectivity index (χ1) is 11.4. The first-order valence-corrected chi connectivity index (χ1v) is 8.79. The van der Waals surface area contributed by atoms with Crippen LogP contribution in [-0.4, -0.2) is 29.0 Å². The van der Waals surface area contributed by atoms with Gasteiger partial charge in [-0.25, -0.2) is 14.3 Å². The highest BCUT2D eigenvalue weighted by molar-refractivity contribution is 7.22. The van der Waals surface area contributed by atoms with Gasteiger partial charge < -0.3 is 4.74 Å². The molecular weight excluding hydrogens is 331 g/mol. The number of hydrogen-bond donors (Lipinski definition) is 0. The summed E-state index contributed by atoms with van der Waals surface area (Å²) in [7, 11) is 0. The van der Waals surface area contributed by atoms with Crippen LogP contribution in [0.5, 0.6) is 0 Å². The number of carbonyl (C=O) groups excluding carboxylic acids is 2. The van der Waals surface area contributed by atoms with Crippen molar-refractivity contribution >= 4 is 38.5 Å². The van der Waals surface area contributed by atoms with Crippen LogP contribution in [0.25, 0.3) is 10.2 Å². The maximum atomic E-state index is 13.4. The van der Waals surface area contributed by atoms with Crippen LogP contribution in [0.15, 0.2) is 18.2 Å². The van der Waals surface area contributed by atoms with Gasteiger partial charge in [0.2, 0.25) is 11.8 Å². The molecule has 0 N–H and O–H groups in total. The molecule has 4 heterocycles. The van der Waals surface area contributed by atoms with Crippen LogP contribution in [0, 0.1) is 16.6 Å². The van der Waals surface area contributed by atoms with Crippen molar-refractivity contribution in [2.24, 2.45) is 10.8 Å². The Morgan fingerprint density at radius 2 is 1.83 bits per heavy atom. The van der Waals surface area contributed by atoms with Gasteiger partial charge in [0.05, 0.1) is 33.3 Å². The summed E-state index contributed by atoms with van der Waals surface area (Å²) in [6.07, 6.45) is 1.16. The molecule has 2 aromatic rings. The zero-order chi connectivity index (χ0) is 16.9. The molecule has 2 amide bonds. The van der Waals surface area contributed by atoms with Crippen LogP contribution in [0.4, 0.5) is 9.52 Å². The minimum atomic E-state index is -0.851. The van der Waals surface area contributed by atoms with Crippen LogP contribution >= 0.6 is 11.3 Å². The molecule has 1 aromatic carbocycles. The summed E-state index contributed by atoms with van der Waals surface area (Å²) >= 11 is 1.17. The van der Waals surface area contributed by atoms with E-state index in [4.69, 9.17) is 4.74 Å². The molecular formula is C17H15FN2O3S. The number of thiazole rings is 1. The van der Waals surface area contributed by atoms with E-state index in [9.17, 15) is 14.0 Å². The van der Waals surface area contributed by atoms with E-state index >= 15 is 0 Å². The van der Waals surface area contributed by atoms with Gasteiger partial charge in [0.15, 0.2) is 5.13 Å². The molecule has 3 aliphatic rings. The van der Waals surface area contributed by atoms with Crippen molar-refractivity contribution in [1.29, 1.82) is 0 Å². The van der Waals surface area contributed by atoms with Crippen molar-refractivity contribution in [3.05, 3.63) is 24.0 Å². The fourth-order valence-corrected chi connectivity index (χ4v) is 5.58. The largest absolute Gasteiger partial charge is 0.373 e. The second-order valence-electron chi connectivity index (χ2n) is 7.15. The molecule has 1 aromatic heterocycles. The lowest BCUT2D eigenvalue weighted by atomic mass is 9.59. The normalized spacial score (nSPS) is 37.7. The number of rotatable bonds is 1. The van der Waals surface area contributed by atoms with E-state index in [0.29, 0.717) is 15.3 Å². The highest BCUT2D eigenvalue weighted by Gasteiger charge is 2.77. The molecule has 3 fully saturated rings. The quantitative estimate of drug-likeness (QED) is 0.745. The lowest BCUT2D eigenvalue weighted by Gasteiger charge is -2.36. The molecule has 5 nitrogen and oxygen atoms in total. The number of ether oxygens (including phenoxy) is 1. The predicted octanol–water partition coefficient (Wildman–Crippen LogP) is 2.88. The van der Waals surface area contributed by atoms with Gasteiger partial charge >= 0.3 is 0 Å². The van der Waals surface area contributed by atoms with E-state index in [1.165, 1.54) is 28.4 Å². The third-order valence-electron chi connectivity index (χ3n) is 6.21. The van der Waals surface area contributed by atoms with Gasteiger partial charge in [0.1, 0.15) is 5.82 Å². The molecule has 24 heavy (non-hydrogen) atoms. The summed E-state index contributed by atoms with van der Waals surface area (Å²) in [5.74, 6) is -0.859. The molecule has 0 spiro atoms. The van der Waals surface area contributed by atoms with E-state index in [-0.39, 0.29) is 29.8 Å². The Morgan fingerprint density at radius 1 is 1.21 bits per heavy atom. The lowest BCUT2D eigenvalue weighted by Crippen LogP contribution is -2.48. The number of aromatic nitrogens is 1. The second-order valence-corrected chi connectivity index (χ2v) is 8.16. The van der Waals surface area contributed by atoms with Crippen molar-refractivity contribution in [2.75, 3.05) is 4.90 Å². The van der Waals surface area contributed by atoms with E-state index in [0.717, 1.165) is 12.8 Å². The van der Waals surface area contributed by atoms with Crippen LogP contribution in [0.1, 0.15) is 26.7 Å². The van der Waals surface area contributed by atoms with Crippen molar-refractivity contribution in [2.45, 2.75) is 38.9 Å². The van der Waals surface area contributed by atoms with Gasteiger partial charge in [-0.3, -0.25) is 9.59 Å². The van der Waals surface area contributed by atoms with E-state index < -0.39 is 10.8 Å². The smallest absolute Gasteiger partial charge is 0.245 e. The Labute approximate surface area is 141 Å². The Hall–Kier alpha value is -1.86. The number of halogens is 1. The molecule has 3 aliphatic heterocycles. The maximum Gasteiger partial charge on any atom is 0.245 e. The fourth-order valence-electron chi connectivity index (χ4n) is 4.59. The van der Waals surface area contributed by atoms with Gasteiger partial charge in [0, 0.05) is 0 Å². The van der Waals surface area contributed by atoms with Gasteiger partial charge in [-0.15, -0.1) is 0 Å². The SMILES string of the molecule is C[C@@]12C(=O)N(c3nc4ccc(F)cc4s3)C(=O)[C@]1(C)[C@H]1CC[C@@H]2O1. The summed E-state index contributed by atoms with van der Waals surface area (Å²) in [6, 6.07) is 4.26. The Kier molecular flexibility index (Phi) is 2.54. The van der Waals surface area contributed by atoms with E-state index in [2.05, 4.69) is 4.98 Å². The molecule has 3 saturated heterocycles. The number of benzene rings is 1. The predicted molar refractivity (Wildman–Crippen MR) is 86.2 cm³/mol. The van der Waals surface area contributed by atoms with Gasteiger partial charge in [-0.2, -0.15) is 0 Å². The Bertz CT molecular complexity index is 894. The summed E-state index contributed by atoms with van der Waals surface area (Å²) in [6.45, 7) is 3.67. The average Bonchev–Trinajstić information content (AvgIpc) is 3.25. The number of imide groups is 1. The highest BCUT2D eigenvalue weighted by atomic mass is 32.1. The third kappa shape index (κ3) is 1.38. The molecule has 5 rings (SSSR count). The summed E-state index contributed by atoms with van der Waals surface area (Å²) < 4.78 is 19.9. The minimum Gasteiger partial charge on any atom is -0.373 e. The minimum absolute atomic E-state index is 0.222. The van der Waals surface area contributed by atoms with Gasteiger partial charge in [-0.1, -0.05) is 11.3 Å². The van der Waals surface area contributed by atoms with Crippen molar-refractivity contribution in [3.63, 3.8) is 0 Å². The number of hydrogen-bond acceptors (Lipinski definition) is 5. The maximum absolute atomic E-state index is 13.4. The van der Waals surface area contributed by atoms with Crippen LogP contribution < -0.4 is 4.90 Å². The monoisotopic (exact) mass is 346 g/mol. The highest BCUT2D eigenvalue weighted by Crippen LogP contribution is 2.64. The number of fused-ring (bicyclic) bond motifs is 6. The summed E-state index contributed by atoms with van der Waals surface area (Å²) in [5.41, 5.74) is -1.12. The zero-order valence-corrected chi connectivity index (χ0v) is 14.0. The first-order valence-electron chi connectivity index (χ1n) is 7.98. The van der Waals surface area contributed by atoms with Crippen LogP contribution in [0.3, 0.4) is 0 Å². The average molecular weight is 346 g/mol. The van der Waals surface area contributed by atoms with Gasteiger partial charge in [-0.05, 0) is 44.9 Å². The lowest BCUT2D eigenvalue weighted by molar-refractivity contribution is -0.132. The van der Waals surface area contributed by atoms with Crippen molar-refractivity contribution < 1.29 is 18.7 Å². The van der Waals surface area contributed by atoms with Crippen LogP contribution in [-0.2, 0) is 14.3 Å². The molecule has 4 atom stereocenters. The third-order valence-corrected chi connectivity index (χ3v) is 7.21. The Morgan fingerprint density at radius 3 is 2.46 bits per heavy atom. The molecule has 0 unspecified atom stereocenters. The molecule has 124 valence electrons. The second kappa shape index (κ2) is 4.21. The molecule has 2 bridgehead atoms. The molecule has 7 heteroatoms. The van der Waals surface area contributed by atoms with E-state index in [1.807, 2.05) is 13.8 Å². The first kappa shape index (κ1) is 14.5. The molecule has 0 radical (unpaired) electrons. The number of nitrogens with zero attached hydrogens (tertiary/aromatic N) is 2. The fraction of sp³-hybridized carbons (Fsp3) is 0.471. The summed E-state index contributed by atoms with van der Waals surface area (Å²) in [4.78, 5) is 31.9. The van der Waals surface area contributed by atoms with E-state index in [1.54, 1.807) is 6.07 Å². The van der Waals surface area contributed by atoms with Crippen molar-refractivity contribution in [3.8, 4) is 0 Å². The van der Waals surface area contributed by atoms with Crippen molar-refractivity contribution in [1.82, 2.24) is 4.98 Å². The Balaban J connectivity index is 1.67. The zero-order valence-electron chi connectivity index (χ0n) is 13.2. The number of anilines is 1. The topological polar surface area (TPSA) is 59.5 Å². The molecule has 0 saturated carbocycles. The number of carbonyl (C=O) groups is 2. The number of amides is 2. The van der Waals surface area contributed by atoms with Gasteiger partial charge in [0.25, 0.3) is 0 Å². The van der Waals surface area contributed by atoms with Crippen LogP contribution in [0.2, 0.25) is 0 Å². The standard InChI is InChI=1S/C17H15FN2O3S/c1-16-11-5-6-12(23-11)17(16,2)14(22)20(13(16)21)15-19-9-4-3-8(18)7-10(9)24-15/h3-4,7,11-12H,5-6H2,1-2H3/t11-,12+,16+,17-. The molecule has 0 aliphatic carbocycles. The summed E-state index contributed by atoms with van der Waals surface area (Å²) in [5, 5.41) is 0.321.